The molecule has 5 heteroatoms. The Bertz CT molecular complexity index is 1130. The number of phenolic OH excluding ortho intramolecular Hbond substituents is 3. The number of fused-ring (bicyclic) bond motifs is 1. The van der Waals surface area contributed by atoms with Crippen LogP contribution in [0.15, 0.2) is 60.7 Å². The fourth-order valence-electron chi connectivity index (χ4n) is 3.03. The average Bonchev–Trinajstić information content (AvgIpc) is 3.00. The molecule has 4 nitrogen and oxygen atoms in total. The number of hydrogen-bond donors (Lipinski definition) is 3. The van der Waals surface area contributed by atoms with Crippen LogP contribution in [0.1, 0.15) is 10.4 Å². The molecule has 0 aliphatic heterocycles. The molecule has 4 aromatic rings. The van der Waals surface area contributed by atoms with Crippen molar-refractivity contribution in [1.29, 1.82) is 0 Å². The summed E-state index contributed by atoms with van der Waals surface area (Å²) in [6, 6.07) is 16.5. The van der Waals surface area contributed by atoms with Gasteiger partial charge < -0.3 is 15.3 Å². The van der Waals surface area contributed by atoms with E-state index in [1.54, 1.807) is 54.6 Å². The van der Waals surface area contributed by atoms with Gasteiger partial charge in [0.25, 0.3) is 0 Å². The molecule has 26 heavy (non-hydrogen) atoms. The Morgan fingerprint density at radius 1 is 0.769 bits per heavy atom. The first-order valence-corrected chi connectivity index (χ1v) is 8.72. The molecule has 0 radical (unpaired) electrons. The molecule has 0 aliphatic rings. The minimum Gasteiger partial charge on any atom is -0.508 e. The van der Waals surface area contributed by atoms with Crippen LogP contribution in [0.5, 0.6) is 17.2 Å². The van der Waals surface area contributed by atoms with E-state index >= 15 is 0 Å². The highest BCUT2D eigenvalue weighted by Gasteiger charge is 2.19. The van der Waals surface area contributed by atoms with E-state index < -0.39 is 0 Å². The van der Waals surface area contributed by atoms with E-state index in [1.807, 2.05) is 0 Å². The molecule has 4 rings (SSSR count). The number of thiophene rings is 1. The number of rotatable bonds is 3. The number of phenols is 3. The quantitative estimate of drug-likeness (QED) is 0.440. The third-order valence-corrected chi connectivity index (χ3v) is 5.44. The summed E-state index contributed by atoms with van der Waals surface area (Å²) in [6.07, 6.45) is 0.763. The summed E-state index contributed by atoms with van der Waals surface area (Å²) in [6.45, 7) is 0. The summed E-state index contributed by atoms with van der Waals surface area (Å²) in [5.74, 6) is 0.398. The first-order valence-electron chi connectivity index (χ1n) is 7.90. The zero-order valence-electron chi connectivity index (χ0n) is 13.5. The molecular formula is C21H14O4S. The van der Waals surface area contributed by atoms with Crippen molar-refractivity contribution in [3.63, 3.8) is 0 Å². The summed E-state index contributed by atoms with van der Waals surface area (Å²) < 4.78 is 0.864. The van der Waals surface area contributed by atoms with Crippen LogP contribution in [0.25, 0.3) is 31.7 Å². The van der Waals surface area contributed by atoms with Crippen LogP contribution < -0.4 is 0 Å². The van der Waals surface area contributed by atoms with Gasteiger partial charge in [-0.25, -0.2) is 0 Å². The predicted molar refractivity (Wildman–Crippen MR) is 103 cm³/mol. The van der Waals surface area contributed by atoms with Gasteiger partial charge in [0.15, 0.2) is 6.29 Å². The van der Waals surface area contributed by atoms with Gasteiger partial charge in [0.1, 0.15) is 17.2 Å². The number of aromatic hydroxyl groups is 3. The molecule has 0 spiro atoms. The van der Waals surface area contributed by atoms with Crippen molar-refractivity contribution in [2.45, 2.75) is 0 Å². The fraction of sp³-hybridized carbons (Fsp3) is 0. The van der Waals surface area contributed by atoms with Gasteiger partial charge in [-0.2, -0.15) is 0 Å². The van der Waals surface area contributed by atoms with Crippen LogP contribution >= 0.6 is 11.3 Å². The van der Waals surface area contributed by atoms with Crippen LogP contribution in [0.2, 0.25) is 0 Å². The second-order valence-electron chi connectivity index (χ2n) is 5.92. The zero-order valence-corrected chi connectivity index (χ0v) is 14.3. The number of hydrogen-bond acceptors (Lipinski definition) is 5. The van der Waals surface area contributed by atoms with Crippen LogP contribution in [-0.2, 0) is 0 Å². The van der Waals surface area contributed by atoms with Crippen LogP contribution in [0.4, 0.5) is 0 Å². The maximum Gasteiger partial charge on any atom is 0.150 e. The molecule has 0 saturated carbocycles. The van der Waals surface area contributed by atoms with E-state index in [0.29, 0.717) is 11.1 Å². The van der Waals surface area contributed by atoms with E-state index in [1.165, 1.54) is 17.4 Å². The lowest BCUT2D eigenvalue weighted by Gasteiger charge is -2.09. The first kappa shape index (κ1) is 16.2. The molecule has 3 aromatic carbocycles. The van der Waals surface area contributed by atoms with Gasteiger partial charge in [0.05, 0.1) is 0 Å². The molecule has 0 fully saturated rings. The SMILES string of the molecule is O=Cc1ccc(O)cc1-c1c(-c2ccc(O)cc2)sc2cc(O)ccc12. The summed E-state index contributed by atoms with van der Waals surface area (Å²) in [7, 11) is 0. The molecule has 0 unspecified atom stereocenters. The van der Waals surface area contributed by atoms with Crippen molar-refractivity contribution in [3.8, 4) is 38.8 Å². The van der Waals surface area contributed by atoms with Crippen molar-refractivity contribution >= 4 is 27.7 Å². The lowest BCUT2D eigenvalue weighted by molar-refractivity contribution is 0.112. The highest BCUT2D eigenvalue weighted by atomic mass is 32.1. The van der Waals surface area contributed by atoms with Crippen LogP contribution in [-0.4, -0.2) is 21.6 Å². The van der Waals surface area contributed by atoms with Gasteiger partial charge >= 0.3 is 0 Å². The molecule has 128 valence electrons. The summed E-state index contributed by atoms with van der Waals surface area (Å²) >= 11 is 1.48. The normalized spacial score (nSPS) is 10.9. The summed E-state index contributed by atoms with van der Waals surface area (Å²) in [5.41, 5.74) is 2.78. The molecule has 0 bridgehead atoms. The first-order chi connectivity index (χ1) is 12.6. The highest BCUT2D eigenvalue weighted by molar-refractivity contribution is 7.23. The molecule has 0 atom stereocenters. The molecule has 0 amide bonds. The molecular weight excluding hydrogens is 348 g/mol. The predicted octanol–water partition coefficient (Wildman–Crippen LogP) is 5.16. The Hall–Kier alpha value is -3.31. The van der Waals surface area contributed by atoms with E-state index in [9.17, 15) is 20.1 Å². The largest absolute Gasteiger partial charge is 0.508 e. The topological polar surface area (TPSA) is 77.8 Å². The van der Waals surface area contributed by atoms with Gasteiger partial charge in [-0.05, 0) is 71.8 Å². The Morgan fingerprint density at radius 3 is 2.15 bits per heavy atom. The minimum absolute atomic E-state index is 0.0698. The van der Waals surface area contributed by atoms with E-state index in [-0.39, 0.29) is 17.2 Å². The zero-order chi connectivity index (χ0) is 18.3. The third kappa shape index (κ3) is 2.68. The van der Waals surface area contributed by atoms with Crippen molar-refractivity contribution in [1.82, 2.24) is 0 Å². The second kappa shape index (κ2) is 6.20. The van der Waals surface area contributed by atoms with E-state index in [4.69, 9.17) is 0 Å². The van der Waals surface area contributed by atoms with Crippen LogP contribution in [0.3, 0.4) is 0 Å². The lowest BCUT2D eigenvalue weighted by atomic mass is 9.95. The lowest BCUT2D eigenvalue weighted by Crippen LogP contribution is -1.88. The van der Waals surface area contributed by atoms with Gasteiger partial charge in [-0.3, -0.25) is 4.79 Å². The highest BCUT2D eigenvalue weighted by Crippen LogP contribution is 2.47. The van der Waals surface area contributed by atoms with E-state index in [0.717, 1.165) is 32.4 Å². The third-order valence-electron chi connectivity index (χ3n) is 4.24. The number of benzene rings is 3. The minimum atomic E-state index is 0.0698. The van der Waals surface area contributed by atoms with Gasteiger partial charge in [0.2, 0.25) is 0 Å². The van der Waals surface area contributed by atoms with Gasteiger partial charge in [-0.1, -0.05) is 0 Å². The summed E-state index contributed by atoms with van der Waals surface area (Å²) in [5, 5.41) is 30.2. The molecule has 1 aromatic heterocycles. The van der Waals surface area contributed by atoms with Crippen LogP contribution in [0, 0.1) is 0 Å². The van der Waals surface area contributed by atoms with Crippen molar-refractivity contribution in [2.24, 2.45) is 0 Å². The van der Waals surface area contributed by atoms with Gasteiger partial charge in [-0.15, -0.1) is 11.3 Å². The Kier molecular flexibility index (Phi) is 3.86. The maximum absolute atomic E-state index is 11.6. The Balaban J connectivity index is 2.10. The van der Waals surface area contributed by atoms with E-state index in [2.05, 4.69) is 0 Å². The average molecular weight is 362 g/mol. The molecule has 1 heterocycles. The maximum atomic E-state index is 11.6. The van der Waals surface area contributed by atoms with Crippen molar-refractivity contribution < 1.29 is 20.1 Å². The number of carbonyl (C=O) groups excluding carboxylic acids is 1. The molecule has 3 N–H and O–H groups in total. The second-order valence-corrected chi connectivity index (χ2v) is 6.98. The fourth-order valence-corrected chi connectivity index (χ4v) is 4.29. The standard InChI is InChI=1S/C21H14O4S/c22-11-13-3-6-15(24)9-18(13)20-17-8-7-16(25)10-19(17)26-21(20)12-1-4-14(23)5-2-12/h1-11,23-25H. The smallest absolute Gasteiger partial charge is 0.150 e. The molecule has 0 saturated heterocycles. The Morgan fingerprint density at radius 2 is 1.42 bits per heavy atom. The molecule has 0 aliphatic carbocycles. The van der Waals surface area contributed by atoms with Gasteiger partial charge in [0, 0.05) is 26.1 Å². The number of aldehydes is 1. The number of carbonyl (C=O) groups is 1. The Labute approximate surface area is 153 Å². The van der Waals surface area contributed by atoms with Crippen molar-refractivity contribution in [2.75, 3.05) is 0 Å². The summed E-state index contributed by atoms with van der Waals surface area (Å²) in [4.78, 5) is 12.5. The van der Waals surface area contributed by atoms with Crippen molar-refractivity contribution in [3.05, 3.63) is 66.2 Å². The monoisotopic (exact) mass is 362 g/mol.